The number of hydrogen-bond acceptors (Lipinski definition) is 3. The lowest BCUT2D eigenvalue weighted by molar-refractivity contribution is 0.0980. The fourth-order valence-corrected chi connectivity index (χ4v) is 2.55. The van der Waals surface area contributed by atoms with Crippen LogP contribution in [0.1, 0.15) is 44.2 Å². The van der Waals surface area contributed by atoms with Crippen LogP contribution in [-0.4, -0.2) is 19.3 Å². The SMILES string of the molecule is C[C@H](N)c1cc(Cl)ccc1OCCCC1CCCO1. The van der Waals surface area contributed by atoms with Crippen molar-refractivity contribution < 1.29 is 9.47 Å². The van der Waals surface area contributed by atoms with Crippen LogP contribution >= 0.6 is 11.6 Å². The molecule has 1 aromatic carbocycles. The predicted octanol–water partition coefficient (Wildman–Crippen LogP) is 3.70. The molecule has 0 aliphatic carbocycles. The first-order valence-corrected chi connectivity index (χ1v) is 7.34. The second-order valence-corrected chi connectivity index (χ2v) is 5.53. The Labute approximate surface area is 120 Å². The van der Waals surface area contributed by atoms with Crippen molar-refractivity contribution in [1.82, 2.24) is 0 Å². The summed E-state index contributed by atoms with van der Waals surface area (Å²) in [4.78, 5) is 0. The average Bonchev–Trinajstić information content (AvgIpc) is 2.89. The molecule has 0 radical (unpaired) electrons. The van der Waals surface area contributed by atoms with Crippen LogP contribution in [0.15, 0.2) is 18.2 Å². The summed E-state index contributed by atoms with van der Waals surface area (Å²) in [5.41, 5.74) is 6.89. The Morgan fingerprint density at radius 2 is 2.37 bits per heavy atom. The van der Waals surface area contributed by atoms with Gasteiger partial charge in [0.25, 0.3) is 0 Å². The van der Waals surface area contributed by atoms with Gasteiger partial charge in [0.15, 0.2) is 0 Å². The molecule has 1 aromatic rings. The molecular formula is C15H22ClNO2. The summed E-state index contributed by atoms with van der Waals surface area (Å²) in [5, 5.41) is 0.694. The highest BCUT2D eigenvalue weighted by Crippen LogP contribution is 2.27. The van der Waals surface area contributed by atoms with Crippen LogP contribution in [0, 0.1) is 0 Å². The first kappa shape index (κ1) is 14.6. The maximum atomic E-state index is 5.98. The van der Waals surface area contributed by atoms with Gasteiger partial charge in [-0.2, -0.15) is 0 Å². The van der Waals surface area contributed by atoms with Crippen LogP contribution in [-0.2, 0) is 4.74 Å². The molecule has 106 valence electrons. The molecule has 2 atom stereocenters. The zero-order valence-electron chi connectivity index (χ0n) is 11.4. The van der Waals surface area contributed by atoms with Gasteiger partial charge in [-0.05, 0) is 50.8 Å². The van der Waals surface area contributed by atoms with Crippen molar-refractivity contribution in [2.45, 2.75) is 44.8 Å². The summed E-state index contributed by atoms with van der Waals surface area (Å²) in [5.74, 6) is 0.840. The van der Waals surface area contributed by atoms with Gasteiger partial charge in [-0.1, -0.05) is 11.6 Å². The van der Waals surface area contributed by atoms with Gasteiger partial charge in [0.05, 0.1) is 12.7 Å². The predicted molar refractivity (Wildman–Crippen MR) is 77.8 cm³/mol. The van der Waals surface area contributed by atoms with Gasteiger partial charge in [0.1, 0.15) is 5.75 Å². The average molecular weight is 284 g/mol. The Balaban J connectivity index is 1.81. The Morgan fingerprint density at radius 3 is 3.05 bits per heavy atom. The summed E-state index contributed by atoms with van der Waals surface area (Å²) < 4.78 is 11.4. The van der Waals surface area contributed by atoms with Crippen LogP contribution in [0.5, 0.6) is 5.75 Å². The van der Waals surface area contributed by atoms with Gasteiger partial charge in [0.2, 0.25) is 0 Å². The molecule has 0 bridgehead atoms. The second-order valence-electron chi connectivity index (χ2n) is 5.10. The fraction of sp³-hybridized carbons (Fsp3) is 0.600. The third-order valence-electron chi connectivity index (χ3n) is 3.41. The summed E-state index contributed by atoms with van der Waals surface area (Å²) in [6, 6.07) is 5.53. The van der Waals surface area contributed by atoms with Crippen LogP contribution in [0.4, 0.5) is 0 Å². The maximum Gasteiger partial charge on any atom is 0.124 e. The standard InChI is InChI=1S/C15H22ClNO2/c1-11(17)14-10-12(16)6-7-15(14)19-9-3-5-13-4-2-8-18-13/h6-7,10-11,13H,2-5,8-9,17H2,1H3/t11-,13?/m0/s1. The topological polar surface area (TPSA) is 44.5 Å². The maximum absolute atomic E-state index is 5.98. The number of ether oxygens (including phenoxy) is 2. The highest BCUT2D eigenvalue weighted by atomic mass is 35.5. The number of hydrogen-bond donors (Lipinski definition) is 1. The normalized spacial score (nSPS) is 20.5. The van der Waals surface area contributed by atoms with E-state index in [-0.39, 0.29) is 6.04 Å². The Morgan fingerprint density at radius 1 is 1.53 bits per heavy atom. The van der Waals surface area contributed by atoms with Gasteiger partial charge in [0, 0.05) is 23.2 Å². The summed E-state index contributed by atoms with van der Waals surface area (Å²) in [7, 11) is 0. The van der Waals surface area contributed by atoms with Gasteiger partial charge in [-0.15, -0.1) is 0 Å². The number of benzene rings is 1. The van der Waals surface area contributed by atoms with Gasteiger partial charge in [-0.25, -0.2) is 0 Å². The van der Waals surface area contributed by atoms with Gasteiger partial charge in [-0.3, -0.25) is 0 Å². The molecule has 0 amide bonds. The zero-order valence-corrected chi connectivity index (χ0v) is 12.2. The van der Waals surface area contributed by atoms with Crippen LogP contribution in [0.2, 0.25) is 5.02 Å². The van der Waals surface area contributed by atoms with E-state index in [1.54, 1.807) is 0 Å². The fourth-order valence-electron chi connectivity index (χ4n) is 2.37. The van der Waals surface area contributed by atoms with Crippen molar-refractivity contribution in [2.75, 3.05) is 13.2 Å². The smallest absolute Gasteiger partial charge is 0.124 e. The molecule has 0 spiro atoms. The van der Waals surface area contributed by atoms with Crippen molar-refractivity contribution in [2.24, 2.45) is 5.73 Å². The van der Waals surface area contributed by atoms with E-state index in [2.05, 4.69) is 0 Å². The summed E-state index contributed by atoms with van der Waals surface area (Å²) in [6.45, 7) is 3.55. The molecule has 1 heterocycles. The molecule has 1 saturated heterocycles. The molecule has 1 aliphatic rings. The molecule has 0 saturated carbocycles. The van der Waals surface area contributed by atoms with E-state index in [0.29, 0.717) is 17.7 Å². The number of nitrogens with two attached hydrogens (primary N) is 1. The molecule has 2 rings (SSSR count). The molecule has 3 nitrogen and oxygen atoms in total. The van der Waals surface area contributed by atoms with Gasteiger partial charge >= 0.3 is 0 Å². The third-order valence-corrected chi connectivity index (χ3v) is 3.65. The van der Waals surface area contributed by atoms with E-state index < -0.39 is 0 Å². The van der Waals surface area contributed by atoms with Crippen molar-refractivity contribution in [3.63, 3.8) is 0 Å². The molecule has 2 N–H and O–H groups in total. The minimum absolute atomic E-state index is 0.0770. The quantitative estimate of drug-likeness (QED) is 0.810. The second kappa shape index (κ2) is 7.13. The van der Waals surface area contributed by atoms with E-state index in [4.69, 9.17) is 26.8 Å². The van der Waals surface area contributed by atoms with E-state index in [1.165, 1.54) is 12.8 Å². The lowest BCUT2D eigenvalue weighted by atomic mass is 10.1. The zero-order chi connectivity index (χ0) is 13.7. The highest BCUT2D eigenvalue weighted by molar-refractivity contribution is 6.30. The monoisotopic (exact) mass is 283 g/mol. The lowest BCUT2D eigenvalue weighted by Gasteiger charge is -2.15. The Bertz CT molecular complexity index is 403. The van der Waals surface area contributed by atoms with Crippen LogP contribution < -0.4 is 10.5 Å². The van der Waals surface area contributed by atoms with Gasteiger partial charge < -0.3 is 15.2 Å². The van der Waals surface area contributed by atoms with E-state index >= 15 is 0 Å². The Hall–Kier alpha value is -0.770. The van der Waals surface area contributed by atoms with Crippen molar-refractivity contribution >= 4 is 11.6 Å². The van der Waals surface area contributed by atoms with Crippen molar-refractivity contribution in [1.29, 1.82) is 0 Å². The van der Waals surface area contributed by atoms with E-state index in [9.17, 15) is 0 Å². The van der Waals surface area contributed by atoms with Crippen molar-refractivity contribution in [3.8, 4) is 5.75 Å². The summed E-state index contributed by atoms with van der Waals surface area (Å²) >= 11 is 5.98. The molecule has 4 heteroatoms. The first-order valence-electron chi connectivity index (χ1n) is 6.96. The van der Waals surface area contributed by atoms with Crippen LogP contribution in [0.25, 0.3) is 0 Å². The minimum atomic E-state index is -0.0770. The largest absolute Gasteiger partial charge is 0.493 e. The third kappa shape index (κ3) is 4.37. The van der Waals surface area contributed by atoms with Crippen LogP contribution in [0.3, 0.4) is 0 Å². The molecule has 1 unspecified atom stereocenters. The number of rotatable bonds is 6. The molecule has 0 aromatic heterocycles. The molecular weight excluding hydrogens is 262 g/mol. The molecule has 1 aliphatic heterocycles. The Kier molecular flexibility index (Phi) is 5.49. The summed E-state index contributed by atoms with van der Waals surface area (Å²) in [6.07, 6.45) is 4.89. The first-order chi connectivity index (χ1) is 9.16. The number of halogens is 1. The van der Waals surface area contributed by atoms with E-state index in [1.807, 2.05) is 25.1 Å². The lowest BCUT2D eigenvalue weighted by Crippen LogP contribution is -2.10. The minimum Gasteiger partial charge on any atom is -0.493 e. The molecule has 19 heavy (non-hydrogen) atoms. The van der Waals surface area contributed by atoms with Crippen molar-refractivity contribution in [3.05, 3.63) is 28.8 Å². The van der Waals surface area contributed by atoms with E-state index in [0.717, 1.165) is 30.8 Å². The molecule has 1 fully saturated rings. The highest BCUT2D eigenvalue weighted by Gasteiger charge is 2.15.